The van der Waals surface area contributed by atoms with Crippen LogP contribution in [-0.2, 0) is 0 Å². The molecule has 0 saturated carbocycles. The van der Waals surface area contributed by atoms with Crippen LogP contribution in [0.1, 0.15) is 34.5 Å². The Kier molecular flexibility index (Phi) is 6.99. The number of methoxy groups -OCH3 is 1. The minimum Gasteiger partial charge on any atom is -0.496 e. The number of aryl methyl sites for hydroxylation is 1. The number of ether oxygens (including phenoxy) is 1. The van der Waals surface area contributed by atoms with Crippen molar-refractivity contribution in [3.63, 3.8) is 0 Å². The SMILES string of the molecule is COc1ccc([C@@H](C)NC(=O)c2cc(N3CCN(C)CC3)ccc2C)cc1-c1ccccc1. The summed E-state index contributed by atoms with van der Waals surface area (Å²) < 4.78 is 5.58. The van der Waals surface area contributed by atoms with E-state index in [0.717, 1.165) is 65.4 Å². The molecule has 0 spiro atoms. The fraction of sp³-hybridized carbons (Fsp3) is 0.321. The Balaban J connectivity index is 1.54. The number of amides is 1. The van der Waals surface area contributed by atoms with Crippen LogP contribution in [0.4, 0.5) is 5.69 Å². The van der Waals surface area contributed by atoms with Crippen molar-refractivity contribution < 1.29 is 9.53 Å². The van der Waals surface area contributed by atoms with Crippen LogP contribution in [0.2, 0.25) is 0 Å². The monoisotopic (exact) mass is 443 g/mol. The van der Waals surface area contributed by atoms with E-state index in [1.807, 2.05) is 56.3 Å². The second-order valence-electron chi connectivity index (χ2n) is 8.81. The molecule has 5 heteroatoms. The molecule has 1 heterocycles. The van der Waals surface area contributed by atoms with E-state index >= 15 is 0 Å². The smallest absolute Gasteiger partial charge is 0.252 e. The average molecular weight is 444 g/mol. The van der Waals surface area contributed by atoms with Gasteiger partial charge in [-0.2, -0.15) is 0 Å². The molecule has 1 aliphatic rings. The molecule has 3 aromatic rings. The fourth-order valence-corrected chi connectivity index (χ4v) is 4.31. The van der Waals surface area contributed by atoms with Crippen molar-refractivity contribution in [2.45, 2.75) is 19.9 Å². The van der Waals surface area contributed by atoms with Crippen LogP contribution in [0.15, 0.2) is 66.7 Å². The molecule has 172 valence electrons. The Hall–Kier alpha value is -3.31. The first-order valence-electron chi connectivity index (χ1n) is 11.5. The largest absolute Gasteiger partial charge is 0.496 e. The molecule has 4 rings (SSSR count). The number of hydrogen-bond acceptors (Lipinski definition) is 4. The molecule has 1 aliphatic heterocycles. The lowest BCUT2D eigenvalue weighted by Crippen LogP contribution is -2.44. The zero-order valence-electron chi connectivity index (χ0n) is 20.0. The van der Waals surface area contributed by atoms with Crippen LogP contribution >= 0.6 is 0 Å². The number of hydrogen-bond donors (Lipinski definition) is 1. The quantitative estimate of drug-likeness (QED) is 0.588. The predicted octanol–water partition coefficient (Wildman–Crippen LogP) is 4.91. The van der Waals surface area contributed by atoms with Crippen molar-refractivity contribution in [1.82, 2.24) is 10.2 Å². The number of nitrogens with zero attached hydrogens (tertiary/aromatic N) is 2. The van der Waals surface area contributed by atoms with E-state index in [0.29, 0.717) is 0 Å². The number of likely N-dealkylation sites (N-methyl/N-ethyl adjacent to an activating group) is 1. The fourth-order valence-electron chi connectivity index (χ4n) is 4.31. The summed E-state index contributed by atoms with van der Waals surface area (Å²) in [5.74, 6) is 0.771. The third kappa shape index (κ3) is 5.20. The van der Waals surface area contributed by atoms with E-state index in [4.69, 9.17) is 4.74 Å². The first-order chi connectivity index (χ1) is 16.0. The van der Waals surface area contributed by atoms with Gasteiger partial charge in [-0.05, 0) is 61.9 Å². The highest BCUT2D eigenvalue weighted by Crippen LogP contribution is 2.32. The van der Waals surface area contributed by atoms with Crippen molar-refractivity contribution in [3.8, 4) is 16.9 Å². The lowest BCUT2D eigenvalue weighted by Gasteiger charge is -2.34. The molecule has 0 radical (unpaired) electrons. The zero-order chi connectivity index (χ0) is 23.4. The highest BCUT2D eigenvalue weighted by molar-refractivity contribution is 5.97. The summed E-state index contributed by atoms with van der Waals surface area (Å²) >= 11 is 0. The van der Waals surface area contributed by atoms with Gasteiger partial charge in [0, 0.05) is 43.0 Å². The number of carbonyl (C=O) groups is 1. The summed E-state index contributed by atoms with van der Waals surface area (Å²) in [6.45, 7) is 8.04. The van der Waals surface area contributed by atoms with E-state index in [-0.39, 0.29) is 11.9 Å². The number of nitrogens with one attached hydrogen (secondary N) is 1. The highest BCUT2D eigenvalue weighted by Gasteiger charge is 2.19. The average Bonchev–Trinajstić information content (AvgIpc) is 2.85. The lowest BCUT2D eigenvalue weighted by atomic mass is 9.98. The third-order valence-corrected chi connectivity index (χ3v) is 6.49. The van der Waals surface area contributed by atoms with Crippen LogP contribution in [0.3, 0.4) is 0 Å². The predicted molar refractivity (Wildman–Crippen MR) is 135 cm³/mol. The summed E-state index contributed by atoms with van der Waals surface area (Å²) in [5.41, 5.74) is 5.97. The molecular formula is C28H33N3O2. The third-order valence-electron chi connectivity index (χ3n) is 6.49. The second-order valence-corrected chi connectivity index (χ2v) is 8.81. The van der Waals surface area contributed by atoms with Gasteiger partial charge >= 0.3 is 0 Å². The van der Waals surface area contributed by atoms with Crippen LogP contribution in [-0.4, -0.2) is 51.1 Å². The van der Waals surface area contributed by atoms with Gasteiger partial charge < -0.3 is 19.9 Å². The second kappa shape index (κ2) is 10.1. The molecule has 3 aromatic carbocycles. The molecule has 0 aliphatic carbocycles. The molecule has 33 heavy (non-hydrogen) atoms. The summed E-state index contributed by atoms with van der Waals surface area (Å²) in [4.78, 5) is 17.9. The molecule has 0 unspecified atom stereocenters. The molecule has 1 saturated heterocycles. The van der Waals surface area contributed by atoms with Crippen molar-refractivity contribution in [1.29, 1.82) is 0 Å². The summed E-state index contributed by atoms with van der Waals surface area (Å²) in [6, 6.07) is 22.3. The molecular weight excluding hydrogens is 410 g/mol. The Morgan fingerprint density at radius 1 is 0.970 bits per heavy atom. The Morgan fingerprint density at radius 2 is 1.70 bits per heavy atom. The topological polar surface area (TPSA) is 44.8 Å². The van der Waals surface area contributed by atoms with Gasteiger partial charge in [0.25, 0.3) is 5.91 Å². The Morgan fingerprint density at radius 3 is 2.39 bits per heavy atom. The standard InChI is InChI=1S/C28H33N3O2/c1-20-10-12-24(31-16-14-30(3)15-17-31)19-25(20)28(32)29-21(2)23-11-13-27(33-4)26(18-23)22-8-6-5-7-9-22/h5-13,18-19,21H,14-17H2,1-4H3,(H,29,32)/t21-/m1/s1. The number of piperazine rings is 1. The van der Waals surface area contributed by atoms with Gasteiger partial charge in [0.05, 0.1) is 13.2 Å². The van der Waals surface area contributed by atoms with Gasteiger partial charge in [-0.15, -0.1) is 0 Å². The molecule has 0 aromatic heterocycles. The molecule has 1 fully saturated rings. The van der Waals surface area contributed by atoms with Crippen LogP contribution < -0.4 is 15.0 Å². The van der Waals surface area contributed by atoms with Gasteiger partial charge in [-0.1, -0.05) is 42.5 Å². The summed E-state index contributed by atoms with van der Waals surface area (Å²) in [6.07, 6.45) is 0. The van der Waals surface area contributed by atoms with Gasteiger partial charge in [0.15, 0.2) is 0 Å². The summed E-state index contributed by atoms with van der Waals surface area (Å²) in [7, 11) is 3.83. The Labute approximate surface area is 197 Å². The first-order valence-corrected chi connectivity index (χ1v) is 11.5. The van der Waals surface area contributed by atoms with Crippen molar-refractivity contribution in [2.75, 3.05) is 45.2 Å². The van der Waals surface area contributed by atoms with Crippen molar-refractivity contribution in [3.05, 3.63) is 83.4 Å². The minimum atomic E-state index is -0.141. The lowest BCUT2D eigenvalue weighted by molar-refractivity contribution is 0.0939. The van der Waals surface area contributed by atoms with E-state index in [1.54, 1.807) is 7.11 Å². The van der Waals surface area contributed by atoms with E-state index in [1.165, 1.54) is 0 Å². The number of anilines is 1. The van der Waals surface area contributed by atoms with Gasteiger partial charge in [-0.3, -0.25) is 4.79 Å². The molecule has 1 N–H and O–H groups in total. The maximum Gasteiger partial charge on any atom is 0.252 e. The van der Waals surface area contributed by atoms with Gasteiger partial charge in [0.2, 0.25) is 0 Å². The van der Waals surface area contributed by atoms with Crippen molar-refractivity contribution in [2.24, 2.45) is 0 Å². The highest BCUT2D eigenvalue weighted by atomic mass is 16.5. The maximum absolute atomic E-state index is 13.3. The first kappa shape index (κ1) is 22.9. The van der Waals surface area contributed by atoms with E-state index in [2.05, 4.69) is 46.4 Å². The normalized spacial score (nSPS) is 15.2. The van der Waals surface area contributed by atoms with Gasteiger partial charge in [0.1, 0.15) is 5.75 Å². The van der Waals surface area contributed by atoms with Gasteiger partial charge in [-0.25, -0.2) is 0 Å². The van der Waals surface area contributed by atoms with E-state index < -0.39 is 0 Å². The Bertz CT molecular complexity index is 1110. The minimum absolute atomic E-state index is 0.0481. The molecule has 0 bridgehead atoms. The molecule has 1 atom stereocenters. The molecule has 1 amide bonds. The van der Waals surface area contributed by atoms with Crippen molar-refractivity contribution >= 4 is 11.6 Å². The van der Waals surface area contributed by atoms with Crippen LogP contribution in [0, 0.1) is 6.92 Å². The van der Waals surface area contributed by atoms with Crippen LogP contribution in [0.25, 0.3) is 11.1 Å². The van der Waals surface area contributed by atoms with Crippen LogP contribution in [0.5, 0.6) is 5.75 Å². The number of benzene rings is 3. The summed E-state index contributed by atoms with van der Waals surface area (Å²) in [5, 5.41) is 3.20. The maximum atomic E-state index is 13.3. The number of carbonyl (C=O) groups excluding carboxylic acids is 1. The van der Waals surface area contributed by atoms with E-state index in [9.17, 15) is 4.79 Å². The zero-order valence-corrected chi connectivity index (χ0v) is 20.0. The molecule has 5 nitrogen and oxygen atoms in total. The number of rotatable bonds is 6.